The fraction of sp³-hybridized carbons (Fsp3) is 0.0455. The molecule has 0 aliphatic carbocycles. The number of hydrogen-bond acceptors (Lipinski definition) is 5. The van der Waals surface area contributed by atoms with E-state index < -0.39 is 11.8 Å². The first-order chi connectivity index (χ1) is 14.1. The molecule has 0 saturated carbocycles. The summed E-state index contributed by atoms with van der Waals surface area (Å²) in [5.41, 5.74) is 1.30. The summed E-state index contributed by atoms with van der Waals surface area (Å²) in [6.07, 6.45) is 0. The van der Waals surface area contributed by atoms with Gasteiger partial charge < -0.3 is 10.1 Å². The van der Waals surface area contributed by atoms with Crippen molar-refractivity contribution in [1.29, 1.82) is 0 Å². The average Bonchev–Trinajstić information content (AvgIpc) is 3.02. The standard InChI is InChI=1S/C22H16N2O4S/c25-20(13-29-17-4-2-1-3-5-17)23-14-6-8-15(9-7-14)28-16-10-11-18-19(12-16)22(27)24-21(18)26/h1-12H,13H2,(H,23,25)(H,24,26,27). The number of thioether (sulfide) groups is 1. The van der Waals surface area contributed by atoms with E-state index in [1.807, 2.05) is 30.3 Å². The Morgan fingerprint density at radius 3 is 2.31 bits per heavy atom. The minimum absolute atomic E-state index is 0.0955. The van der Waals surface area contributed by atoms with Crippen LogP contribution in [-0.2, 0) is 4.79 Å². The normalized spacial score (nSPS) is 12.3. The minimum atomic E-state index is -0.429. The first kappa shape index (κ1) is 18.8. The Morgan fingerprint density at radius 2 is 1.55 bits per heavy atom. The molecule has 2 N–H and O–H groups in total. The smallest absolute Gasteiger partial charge is 0.259 e. The number of nitrogens with one attached hydrogen (secondary N) is 2. The molecule has 3 aromatic carbocycles. The van der Waals surface area contributed by atoms with E-state index >= 15 is 0 Å². The molecular weight excluding hydrogens is 388 g/mol. The largest absolute Gasteiger partial charge is 0.457 e. The number of anilines is 1. The van der Waals surface area contributed by atoms with Gasteiger partial charge in [0.1, 0.15) is 11.5 Å². The van der Waals surface area contributed by atoms with Crippen LogP contribution in [0.3, 0.4) is 0 Å². The molecular formula is C22H16N2O4S. The van der Waals surface area contributed by atoms with Gasteiger partial charge in [0.2, 0.25) is 5.91 Å². The van der Waals surface area contributed by atoms with Crippen LogP contribution in [-0.4, -0.2) is 23.5 Å². The SMILES string of the molecule is O=C(CSc1ccccc1)Nc1ccc(Oc2ccc3c(c2)C(=O)NC3=O)cc1. The summed E-state index contributed by atoms with van der Waals surface area (Å²) in [6, 6.07) is 21.4. The van der Waals surface area contributed by atoms with Gasteiger partial charge in [0.05, 0.1) is 16.9 Å². The Bertz CT molecular complexity index is 1080. The van der Waals surface area contributed by atoms with Gasteiger partial charge in [0, 0.05) is 10.6 Å². The van der Waals surface area contributed by atoms with E-state index in [2.05, 4.69) is 10.6 Å². The van der Waals surface area contributed by atoms with E-state index in [1.165, 1.54) is 17.8 Å². The van der Waals surface area contributed by atoms with Crippen molar-refractivity contribution in [3.8, 4) is 11.5 Å². The lowest BCUT2D eigenvalue weighted by Gasteiger charge is -2.09. The third-order valence-corrected chi connectivity index (χ3v) is 5.21. The topological polar surface area (TPSA) is 84.5 Å². The van der Waals surface area contributed by atoms with Crippen molar-refractivity contribution in [2.45, 2.75) is 4.90 Å². The van der Waals surface area contributed by atoms with Crippen LogP contribution in [0.1, 0.15) is 20.7 Å². The van der Waals surface area contributed by atoms with Gasteiger partial charge in [-0.05, 0) is 54.6 Å². The van der Waals surface area contributed by atoms with Crippen LogP contribution in [0.4, 0.5) is 5.69 Å². The zero-order valence-corrected chi connectivity index (χ0v) is 16.0. The molecule has 0 unspecified atom stereocenters. The Hall–Kier alpha value is -3.58. The Balaban J connectivity index is 1.35. The monoisotopic (exact) mass is 404 g/mol. The van der Waals surface area contributed by atoms with Crippen molar-refractivity contribution in [2.24, 2.45) is 0 Å². The summed E-state index contributed by atoms with van der Waals surface area (Å²) in [4.78, 5) is 36.5. The molecule has 6 nitrogen and oxygen atoms in total. The summed E-state index contributed by atoms with van der Waals surface area (Å²) in [5.74, 6) is 0.389. The van der Waals surface area contributed by atoms with Gasteiger partial charge in [-0.3, -0.25) is 19.7 Å². The second kappa shape index (κ2) is 8.20. The molecule has 0 bridgehead atoms. The number of fused-ring (bicyclic) bond motifs is 1. The van der Waals surface area contributed by atoms with Crippen molar-refractivity contribution in [3.63, 3.8) is 0 Å². The van der Waals surface area contributed by atoms with Crippen molar-refractivity contribution < 1.29 is 19.1 Å². The zero-order valence-electron chi connectivity index (χ0n) is 15.2. The molecule has 7 heteroatoms. The third-order valence-electron chi connectivity index (χ3n) is 4.19. The fourth-order valence-electron chi connectivity index (χ4n) is 2.82. The van der Waals surface area contributed by atoms with Crippen LogP contribution in [0, 0.1) is 0 Å². The summed E-state index contributed by atoms with van der Waals surface area (Å²) in [5, 5.41) is 5.09. The summed E-state index contributed by atoms with van der Waals surface area (Å²) < 4.78 is 5.74. The second-order valence-electron chi connectivity index (χ2n) is 6.27. The molecule has 1 heterocycles. The van der Waals surface area contributed by atoms with E-state index in [-0.39, 0.29) is 5.91 Å². The van der Waals surface area contributed by atoms with Gasteiger partial charge in [-0.25, -0.2) is 0 Å². The van der Waals surface area contributed by atoms with E-state index in [1.54, 1.807) is 36.4 Å². The number of imide groups is 1. The summed E-state index contributed by atoms with van der Waals surface area (Å²) >= 11 is 1.47. The highest BCUT2D eigenvalue weighted by Gasteiger charge is 2.26. The highest BCUT2D eigenvalue weighted by Crippen LogP contribution is 2.27. The predicted molar refractivity (Wildman–Crippen MR) is 111 cm³/mol. The molecule has 1 aliphatic heterocycles. The Kier molecular flexibility index (Phi) is 5.31. The Labute approximate surface area is 171 Å². The number of carbonyl (C=O) groups excluding carboxylic acids is 3. The minimum Gasteiger partial charge on any atom is -0.457 e. The van der Waals surface area contributed by atoms with Crippen LogP contribution in [0.15, 0.2) is 77.7 Å². The number of benzene rings is 3. The highest BCUT2D eigenvalue weighted by molar-refractivity contribution is 8.00. The maximum Gasteiger partial charge on any atom is 0.259 e. The Morgan fingerprint density at radius 1 is 0.862 bits per heavy atom. The predicted octanol–water partition coefficient (Wildman–Crippen LogP) is 4.09. The van der Waals surface area contributed by atoms with Crippen molar-refractivity contribution >= 4 is 35.2 Å². The lowest BCUT2D eigenvalue weighted by atomic mass is 10.1. The second-order valence-corrected chi connectivity index (χ2v) is 7.32. The van der Waals surface area contributed by atoms with Crippen LogP contribution in [0.5, 0.6) is 11.5 Å². The molecule has 3 amide bonds. The van der Waals surface area contributed by atoms with E-state index in [0.717, 1.165) is 4.90 Å². The average molecular weight is 404 g/mol. The molecule has 0 saturated heterocycles. The molecule has 3 aromatic rings. The van der Waals surface area contributed by atoms with Crippen molar-refractivity contribution in [1.82, 2.24) is 5.32 Å². The highest BCUT2D eigenvalue weighted by atomic mass is 32.2. The molecule has 0 radical (unpaired) electrons. The summed E-state index contributed by atoms with van der Waals surface area (Å²) in [6.45, 7) is 0. The number of carbonyl (C=O) groups is 3. The van der Waals surface area contributed by atoms with Crippen LogP contribution >= 0.6 is 11.8 Å². The maximum atomic E-state index is 12.1. The fourth-order valence-corrected chi connectivity index (χ4v) is 3.54. The molecule has 4 rings (SSSR count). The number of rotatable bonds is 6. The van der Waals surface area contributed by atoms with Gasteiger partial charge in [-0.2, -0.15) is 0 Å². The zero-order chi connectivity index (χ0) is 20.2. The molecule has 0 aromatic heterocycles. The number of hydrogen-bond donors (Lipinski definition) is 2. The third kappa shape index (κ3) is 4.47. The number of ether oxygens (including phenoxy) is 1. The van der Waals surface area contributed by atoms with Gasteiger partial charge in [-0.15, -0.1) is 11.8 Å². The summed E-state index contributed by atoms with van der Waals surface area (Å²) in [7, 11) is 0. The van der Waals surface area contributed by atoms with E-state index in [0.29, 0.717) is 34.1 Å². The molecule has 29 heavy (non-hydrogen) atoms. The lowest BCUT2D eigenvalue weighted by Crippen LogP contribution is -2.19. The van der Waals surface area contributed by atoms with E-state index in [4.69, 9.17) is 4.74 Å². The quantitative estimate of drug-likeness (QED) is 0.477. The van der Waals surface area contributed by atoms with Gasteiger partial charge in [-0.1, -0.05) is 18.2 Å². The van der Waals surface area contributed by atoms with Crippen LogP contribution in [0.25, 0.3) is 0 Å². The first-order valence-electron chi connectivity index (χ1n) is 8.84. The molecule has 0 fully saturated rings. The molecule has 0 atom stereocenters. The molecule has 0 spiro atoms. The van der Waals surface area contributed by atoms with Gasteiger partial charge in [0.25, 0.3) is 11.8 Å². The first-order valence-corrected chi connectivity index (χ1v) is 9.82. The van der Waals surface area contributed by atoms with Crippen molar-refractivity contribution in [3.05, 3.63) is 83.9 Å². The van der Waals surface area contributed by atoms with Crippen LogP contribution < -0.4 is 15.4 Å². The lowest BCUT2D eigenvalue weighted by molar-refractivity contribution is -0.113. The maximum absolute atomic E-state index is 12.1. The van der Waals surface area contributed by atoms with E-state index in [9.17, 15) is 14.4 Å². The molecule has 1 aliphatic rings. The molecule has 144 valence electrons. The van der Waals surface area contributed by atoms with Gasteiger partial charge in [0.15, 0.2) is 0 Å². The van der Waals surface area contributed by atoms with Crippen LogP contribution in [0.2, 0.25) is 0 Å². The van der Waals surface area contributed by atoms with Gasteiger partial charge >= 0.3 is 0 Å². The number of amides is 3. The van der Waals surface area contributed by atoms with Crippen molar-refractivity contribution in [2.75, 3.05) is 11.1 Å².